The number of amides is 2. The van der Waals surface area contributed by atoms with Gasteiger partial charge in [-0.3, -0.25) is 9.59 Å². The minimum Gasteiger partial charge on any atom is -0.486 e. The molecule has 7 heteroatoms. The third-order valence-corrected chi connectivity index (χ3v) is 7.09. The number of fused-ring (bicyclic) bond motifs is 1. The molecular weight excluding hydrogens is 507 g/mol. The van der Waals surface area contributed by atoms with Gasteiger partial charge in [0.2, 0.25) is 5.91 Å². The summed E-state index contributed by atoms with van der Waals surface area (Å²) < 4.78 is 26.0. The molecule has 0 saturated carbocycles. The molecule has 40 heavy (non-hydrogen) atoms. The van der Waals surface area contributed by atoms with Crippen LogP contribution in [-0.4, -0.2) is 23.3 Å². The van der Waals surface area contributed by atoms with Gasteiger partial charge in [-0.05, 0) is 72.0 Å². The maximum Gasteiger partial charge on any atom is 0.287 e. The minimum absolute atomic E-state index is 0.0232. The lowest BCUT2D eigenvalue weighted by molar-refractivity contribution is -0.136. The van der Waals surface area contributed by atoms with Gasteiger partial charge < -0.3 is 19.4 Å². The SMILES string of the molecule is Cc1cccc(CNC(=O)c2ccc(COc3ccc4c(c3)[C@@H](c3cccc(F)c3)N(C(=O)C(C)C)CC4)o2)c1. The number of hydrogen-bond acceptors (Lipinski definition) is 4. The first-order chi connectivity index (χ1) is 19.3. The van der Waals surface area contributed by atoms with E-state index in [4.69, 9.17) is 9.15 Å². The van der Waals surface area contributed by atoms with Crippen LogP contribution in [0.2, 0.25) is 0 Å². The van der Waals surface area contributed by atoms with E-state index in [1.54, 1.807) is 18.2 Å². The van der Waals surface area contributed by atoms with Crippen LogP contribution in [0, 0.1) is 18.7 Å². The summed E-state index contributed by atoms with van der Waals surface area (Å²) in [6, 6.07) is 23.1. The normalized spacial score (nSPS) is 14.6. The standard InChI is InChI=1S/C33H33FN2O4/c1-21(2)33(38)36-15-14-24-10-11-27(18-29(24)31(36)25-8-5-9-26(34)17-25)39-20-28-12-13-30(40-28)32(37)35-19-23-7-4-6-22(3)16-23/h4-13,16-18,21,31H,14-15,19-20H2,1-3H3,(H,35,37)/t31-/m1/s1. The highest BCUT2D eigenvalue weighted by Gasteiger charge is 2.33. The van der Waals surface area contributed by atoms with Gasteiger partial charge in [-0.25, -0.2) is 4.39 Å². The van der Waals surface area contributed by atoms with Crippen LogP contribution in [0.4, 0.5) is 4.39 Å². The zero-order valence-corrected chi connectivity index (χ0v) is 22.9. The summed E-state index contributed by atoms with van der Waals surface area (Å²) in [6.07, 6.45) is 0.707. The number of nitrogens with one attached hydrogen (secondary N) is 1. The molecule has 0 spiro atoms. The van der Waals surface area contributed by atoms with Crippen molar-refractivity contribution in [3.63, 3.8) is 0 Å². The van der Waals surface area contributed by atoms with Crippen LogP contribution in [0.15, 0.2) is 83.3 Å². The highest BCUT2D eigenvalue weighted by Crippen LogP contribution is 2.38. The molecule has 0 saturated heterocycles. The summed E-state index contributed by atoms with van der Waals surface area (Å²) in [6.45, 7) is 6.86. The highest BCUT2D eigenvalue weighted by atomic mass is 19.1. The van der Waals surface area contributed by atoms with E-state index in [-0.39, 0.29) is 35.9 Å². The Bertz CT molecular complexity index is 1530. The molecule has 1 aliphatic heterocycles. The maximum atomic E-state index is 14.2. The van der Waals surface area contributed by atoms with E-state index in [2.05, 4.69) is 5.32 Å². The first-order valence-corrected chi connectivity index (χ1v) is 13.5. The summed E-state index contributed by atoms with van der Waals surface area (Å²) >= 11 is 0. The van der Waals surface area contributed by atoms with E-state index >= 15 is 0 Å². The molecule has 206 valence electrons. The number of aryl methyl sites for hydroxylation is 1. The first kappa shape index (κ1) is 27.2. The van der Waals surface area contributed by atoms with Crippen LogP contribution in [0.5, 0.6) is 5.75 Å². The number of ether oxygens (including phenoxy) is 1. The second-order valence-electron chi connectivity index (χ2n) is 10.5. The lowest BCUT2D eigenvalue weighted by Gasteiger charge is -2.39. The Hall–Kier alpha value is -4.39. The molecule has 5 rings (SSSR count). The number of rotatable bonds is 8. The number of carbonyl (C=O) groups is 2. The molecule has 2 amide bonds. The summed E-state index contributed by atoms with van der Waals surface area (Å²) in [7, 11) is 0. The van der Waals surface area contributed by atoms with Gasteiger partial charge in [-0.15, -0.1) is 0 Å². The Balaban J connectivity index is 1.30. The second kappa shape index (κ2) is 11.8. The fourth-order valence-electron chi connectivity index (χ4n) is 5.11. The van der Waals surface area contributed by atoms with Crippen LogP contribution in [0.25, 0.3) is 0 Å². The third kappa shape index (κ3) is 6.09. The molecule has 1 N–H and O–H groups in total. The largest absolute Gasteiger partial charge is 0.486 e. The van der Waals surface area contributed by atoms with Gasteiger partial charge in [0.15, 0.2) is 5.76 Å². The monoisotopic (exact) mass is 540 g/mol. The van der Waals surface area contributed by atoms with Gasteiger partial charge in [0.05, 0.1) is 6.04 Å². The van der Waals surface area contributed by atoms with E-state index in [1.165, 1.54) is 12.1 Å². The molecule has 2 heterocycles. The van der Waals surface area contributed by atoms with Crippen LogP contribution in [-0.2, 0) is 24.4 Å². The Labute approximate surface area is 233 Å². The molecule has 1 aliphatic rings. The van der Waals surface area contributed by atoms with E-state index in [9.17, 15) is 14.0 Å². The van der Waals surface area contributed by atoms with Crippen LogP contribution >= 0.6 is 0 Å². The van der Waals surface area contributed by atoms with Crippen molar-refractivity contribution in [2.24, 2.45) is 5.92 Å². The maximum absolute atomic E-state index is 14.2. The fraction of sp³-hybridized carbons (Fsp3) is 0.273. The van der Waals surface area contributed by atoms with Gasteiger partial charge in [-0.2, -0.15) is 0 Å². The minimum atomic E-state index is -0.412. The van der Waals surface area contributed by atoms with Gasteiger partial charge >= 0.3 is 0 Å². The highest BCUT2D eigenvalue weighted by molar-refractivity contribution is 5.91. The number of nitrogens with zero attached hydrogens (tertiary/aromatic N) is 1. The van der Waals surface area contributed by atoms with E-state index in [0.717, 1.165) is 27.8 Å². The van der Waals surface area contributed by atoms with Gasteiger partial charge in [0.1, 0.15) is 23.9 Å². The topological polar surface area (TPSA) is 71.8 Å². The molecule has 0 fully saturated rings. The second-order valence-corrected chi connectivity index (χ2v) is 10.5. The molecular formula is C33H33FN2O4. The number of carbonyl (C=O) groups excluding carboxylic acids is 2. The predicted octanol–water partition coefficient (Wildman–Crippen LogP) is 6.37. The molecule has 0 aliphatic carbocycles. The summed E-state index contributed by atoms with van der Waals surface area (Å²) in [5.74, 6) is 0.525. The summed E-state index contributed by atoms with van der Waals surface area (Å²) in [5.41, 5.74) is 4.88. The van der Waals surface area contributed by atoms with Gasteiger partial charge in [-0.1, -0.05) is 61.9 Å². The number of halogens is 1. The third-order valence-electron chi connectivity index (χ3n) is 7.09. The summed E-state index contributed by atoms with van der Waals surface area (Å²) in [5, 5.41) is 2.88. The van der Waals surface area contributed by atoms with Crippen molar-refractivity contribution in [3.05, 3.63) is 124 Å². The molecule has 1 aromatic heterocycles. The average Bonchev–Trinajstić information content (AvgIpc) is 3.43. The van der Waals surface area contributed by atoms with Gasteiger partial charge in [0.25, 0.3) is 5.91 Å². The number of furan rings is 1. The molecule has 6 nitrogen and oxygen atoms in total. The fourth-order valence-corrected chi connectivity index (χ4v) is 5.11. The van der Waals surface area contributed by atoms with Crippen molar-refractivity contribution in [2.45, 2.75) is 46.4 Å². The van der Waals surface area contributed by atoms with Crippen LogP contribution in [0.1, 0.15) is 64.0 Å². The molecule has 0 bridgehead atoms. The Morgan fingerprint density at radius 1 is 1.05 bits per heavy atom. The van der Waals surface area contributed by atoms with E-state index < -0.39 is 6.04 Å². The molecule has 0 unspecified atom stereocenters. The Kier molecular flexibility index (Phi) is 8.01. The molecule has 4 aromatic rings. The quantitative estimate of drug-likeness (QED) is 0.282. The van der Waals surface area contributed by atoms with Crippen LogP contribution < -0.4 is 10.1 Å². The smallest absolute Gasteiger partial charge is 0.287 e. The zero-order chi connectivity index (χ0) is 28.2. The average molecular weight is 541 g/mol. The lowest BCUT2D eigenvalue weighted by Crippen LogP contribution is -2.42. The Morgan fingerprint density at radius 3 is 2.65 bits per heavy atom. The van der Waals surface area contributed by atoms with Crippen molar-refractivity contribution in [2.75, 3.05) is 6.54 Å². The van der Waals surface area contributed by atoms with Crippen molar-refractivity contribution in [1.82, 2.24) is 10.2 Å². The van der Waals surface area contributed by atoms with E-state index in [0.29, 0.717) is 31.0 Å². The molecule has 3 aromatic carbocycles. The lowest BCUT2D eigenvalue weighted by atomic mass is 9.87. The number of benzene rings is 3. The van der Waals surface area contributed by atoms with Crippen molar-refractivity contribution >= 4 is 11.8 Å². The van der Waals surface area contributed by atoms with Crippen LogP contribution in [0.3, 0.4) is 0 Å². The zero-order valence-electron chi connectivity index (χ0n) is 22.9. The van der Waals surface area contributed by atoms with Crippen molar-refractivity contribution in [3.8, 4) is 5.75 Å². The molecule has 1 atom stereocenters. The molecule has 0 radical (unpaired) electrons. The summed E-state index contributed by atoms with van der Waals surface area (Å²) in [4.78, 5) is 27.5. The van der Waals surface area contributed by atoms with Crippen molar-refractivity contribution in [1.29, 1.82) is 0 Å². The Morgan fingerprint density at radius 2 is 1.88 bits per heavy atom. The predicted molar refractivity (Wildman–Crippen MR) is 150 cm³/mol. The number of hydrogen-bond donors (Lipinski definition) is 1. The van der Waals surface area contributed by atoms with Gasteiger partial charge in [0, 0.05) is 19.0 Å². The van der Waals surface area contributed by atoms with Crippen molar-refractivity contribution < 1.29 is 23.1 Å². The first-order valence-electron chi connectivity index (χ1n) is 13.5. The van der Waals surface area contributed by atoms with E-state index in [1.807, 2.05) is 74.2 Å².